The number of halogens is 2. The lowest BCUT2D eigenvalue weighted by Crippen LogP contribution is -2.19. The van der Waals surface area contributed by atoms with Gasteiger partial charge in [-0.05, 0) is 49.4 Å². The number of carboxylic acids is 1. The van der Waals surface area contributed by atoms with Crippen molar-refractivity contribution in [3.05, 3.63) is 58.9 Å². The van der Waals surface area contributed by atoms with Crippen LogP contribution in [-0.4, -0.2) is 17.6 Å². The lowest BCUT2D eigenvalue weighted by Gasteiger charge is -2.25. The van der Waals surface area contributed by atoms with Crippen molar-refractivity contribution in [2.24, 2.45) is 0 Å². The van der Waals surface area contributed by atoms with Crippen molar-refractivity contribution >= 4 is 28.9 Å². The Bertz CT molecular complexity index is 628. The van der Waals surface area contributed by atoms with Crippen molar-refractivity contribution < 1.29 is 14.3 Å². The molecule has 104 valence electrons. The molecule has 0 saturated heterocycles. The molecule has 0 aliphatic heterocycles. The van der Waals surface area contributed by atoms with Gasteiger partial charge in [0, 0.05) is 17.3 Å². The van der Waals surface area contributed by atoms with Gasteiger partial charge in [0.05, 0.1) is 11.3 Å². The summed E-state index contributed by atoms with van der Waals surface area (Å²) in [5.41, 5.74) is 1.36. The maximum Gasteiger partial charge on any atom is 0.337 e. The Morgan fingerprint density at radius 1 is 1.25 bits per heavy atom. The molecule has 0 saturated carbocycles. The number of anilines is 2. The predicted octanol–water partition coefficient (Wildman–Crippen LogP) is 4.34. The van der Waals surface area contributed by atoms with Crippen LogP contribution < -0.4 is 4.90 Å². The van der Waals surface area contributed by atoms with E-state index in [0.29, 0.717) is 17.3 Å². The quantitative estimate of drug-likeness (QED) is 0.912. The summed E-state index contributed by atoms with van der Waals surface area (Å²) in [6, 6.07) is 10.6. The smallest absolute Gasteiger partial charge is 0.337 e. The van der Waals surface area contributed by atoms with E-state index in [2.05, 4.69) is 0 Å². The van der Waals surface area contributed by atoms with E-state index in [1.807, 2.05) is 6.92 Å². The molecule has 0 radical (unpaired) electrons. The van der Waals surface area contributed by atoms with E-state index in [1.165, 1.54) is 18.2 Å². The average molecular weight is 294 g/mol. The highest BCUT2D eigenvalue weighted by Crippen LogP contribution is 2.30. The summed E-state index contributed by atoms with van der Waals surface area (Å²) in [6.07, 6.45) is 0. The molecule has 0 aliphatic carbocycles. The second-order valence-electron chi connectivity index (χ2n) is 4.19. The van der Waals surface area contributed by atoms with Crippen LogP contribution in [0.3, 0.4) is 0 Å². The third kappa shape index (κ3) is 2.91. The van der Waals surface area contributed by atoms with Gasteiger partial charge in [-0.1, -0.05) is 11.6 Å². The molecule has 1 N–H and O–H groups in total. The van der Waals surface area contributed by atoms with Crippen LogP contribution in [0.5, 0.6) is 0 Å². The fraction of sp³-hybridized carbons (Fsp3) is 0.133. The highest BCUT2D eigenvalue weighted by molar-refractivity contribution is 6.31. The van der Waals surface area contributed by atoms with E-state index < -0.39 is 5.97 Å². The summed E-state index contributed by atoms with van der Waals surface area (Å²) in [4.78, 5) is 13.1. The first-order valence-corrected chi connectivity index (χ1v) is 6.46. The summed E-state index contributed by atoms with van der Waals surface area (Å²) in [5, 5.41) is 9.64. The predicted molar refractivity (Wildman–Crippen MR) is 77.5 cm³/mol. The Morgan fingerprint density at radius 2 is 1.90 bits per heavy atom. The third-order valence-electron chi connectivity index (χ3n) is 2.93. The standard InChI is InChI=1S/C15H13ClFNO2/c1-2-18(12-6-4-11(17)5-7-12)14-8-3-10(16)9-13(14)15(19)20/h3-9H,2H2,1H3,(H,19,20). The highest BCUT2D eigenvalue weighted by Gasteiger charge is 2.17. The molecule has 0 spiro atoms. The van der Waals surface area contributed by atoms with Gasteiger partial charge in [0.25, 0.3) is 0 Å². The molecule has 0 unspecified atom stereocenters. The van der Waals surface area contributed by atoms with Crippen LogP contribution in [0.15, 0.2) is 42.5 Å². The molecule has 20 heavy (non-hydrogen) atoms. The van der Waals surface area contributed by atoms with Crippen LogP contribution in [0.25, 0.3) is 0 Å². The van der Waals surface area contributed by atoms with Gasteiger partial charge in [0.1, 0.15) is 5.82 Å². The second-order valence-corrected chi connectivity index (χ2v) is 4.62. The van der Waals surface area contributed by atoms with E-state index in [9.17, 15) is 14.3 Å². The minimum absolute atomic E-state index is 0.115. The summed E-state index contributed by atoms with van der Waals surface area (Å²) < 4.78 is 13.0. The number of benzene rings is 2. The number of rotatable bonds is 4. The van der Waals surface area contributed by atoms with Crippen molar-refractivity contribution in [2.45, 2.75) is 6.92 Å². The molecule has 0 atom stereocenters. The van der Waals surface area contributed by atoms with Gasteiger partial charge < -0.3 is 10.0 Å². The summed E-state index contributed by atoms with van der Waals surface area (Å²) in [6.45, 7) is 2.44. The maximum absolute atomic E-state index is 13.0. The Morgan fingerprint density at radius 3 is 2.45 bits per heavy atom. The first-order valence-electron chi connectivity index (χ1n) is 6.09. The van der Waals surface area contributed by atoms with Gasteiger partial charge in [0.15, 0.2) is 0 Å². The van der Waals surface area contributed by atoms with Crippen molar-refractivity contribution in [1.82, 2.24) is 0 Å². The number of carboxylic acid groups (broad SMARTS) is 1. The SMILES string of the molecule is CCN(c1ccc(F)cc1)c1ccc(Cl)cc1C(=O)O. The molecule has 3 nitrogen and oxygen atoms in total. The molecule has 0 aliphatic rings. The molecule has 0 amide bonds. The van der Waals surface area contributed by atoms with Crippen LogP contribution in [0.4, 0.5) is 15.8 Å². The Kier molecular flexibility index (Phi) is 4.25. The molecule has 0 heterocycles. The summed E-state index contributed by atoms with van der Waals surface area (Å²) in [5.74, 6) is -1.39. The number of nitrogens with zero attached hydrogens (tertiary/aromatic N) is 1. The lowest BCUT2D eigenvalue weighted by atomic mass is 10.1. The van der Waals surface area contributed by atoms with E-state index >= 15 is 0 Å². The fourth-order valence-electron chi connectivity index (χ4n) is 2.03. The number of aromatic carboxylic acids is 1. The van der Waals surface area contributed by atoms with Crippen LogP contribution >= 0.6 is 11.6 Å². The minimum atomic E-state index is -1.05. The zero-order valence-electron chi connectivity index (χ0n) is 10.8. The van der Waals surface area contributed by atoms with Crippen LogP contribution in [0.2, 0.25) is 5.02 Å². The van der Waals surface area contributed by atoms with Crippen molar-refractivity contribution in [1.29, 1.82) is 0 Å². The maximum atomic E-state index is 13.0. The monoisotopic (exact) mass is 293 g/mol. The zero-order valence-corrected chi connectivity index (χ0v) is 11.6. The van der Waals surface area contributed by atoms with Crippen molar-refractivity contribution in [2.75, 3.05) is 11.4 Å². The molecule has 0 bridgehead atoms. The number of carbonyl (C=O) groups is 1. The van der Waals surface area contributed by atoms with E-state index in [0.717, 1.165) is 5.69 Å². The Labute approximate surface area is 121 Å². The summed E-state index contributed by atoms with van der Waals surface area (Å²) in [7, 11) is 0. The third-order valence-corrected chi connectivity index (χ3v) is 3.17. The van der Waals surface area contributed by atoms with Gasteiger partial charge in [-0.3, -0.25) is 0 Å². The normalized spacial score (nSPS) is 10.3. The van der Waals surface area contributed by atoms with Gasteiger partial charge >= 0.3 is 5.97 Å². The molecule has 5 heteroatoms. The molecule has 0 fully saturated rings. The molecule has 0 aromatic heterocycles. The van der Waals surface area contributed by atoms with Gasteiger partial charge in [-0.2, -0.15) is 0 Å². The summed E-state index contributed by atoms with van der Waals surface area (Å²) >= 11 is 5.84. The Hall–Kier alpha value is -2.07. The molecular formula is C15H13ClFNO2. The largest absolute Gasteiger partial charge is 0.478 e. The van der Waals surface area contributed by atoms with Crippen molar-refractivity contribution in [3.8, 4) is 0 Å². The van der Waals surface area contributed by atoms with Gasteiger partial charge in [-0.15, -0.1) is 0 Å². The minimum Gasteiger partial charge on any atom is -0.478 e. The molecule has 2 aromatic carbocycles. The lowest BCUT2D eigenvalue weighted by molar-refractivity contribution is 0.0697. The van der Waals surface area contributed by atoms with Crippen LogP contribution in [0, 0.1) is 5.82 Å². The number of hydrogen-bond acceptors (Lipinski definition) is 2. The first-order chi connectivity index (χ1) is 9.52. The van der Waals surface area contributed by atoms with Gasteiger partial charge in [0.2, 0.25) is 0 Å². The van der Waals surface area contributed by atoms with E-state index in [-0.39, 0.29) is 11.4 Å². The fourth-order valence-corrected chi connectivity index (χ4v) is 2.20. The van der Waals surface area contributed by atoms with Crippen molar-refractivity contribution in [3.63, 3.8) is 0 Å². The zero-order chi connectivity index (χ0) is 14.7. The first kappa shape index (κ1) is 14.3. The molecule has 2 rings (SSSR count). The molecule has 2 aromatic rings. The van der Waals surface area contributed by atoms with Crippen LogP contribution in [0.1, 0.15) is 17.3 Å². The van der Waals surface area contributed by atoms with Gasteiger partial charge in [-0.25, -0.2) is 9.18 Å². The molecular weight excluding hydrogens is 281 g/mol. The van der Waals surface area contributed by atoms with E-state index in [1.54, 1.807) is 29.2 Å². The topological polar surface area (TPSA) is 40.5 Å². The average Bonchev–Trinajstić information content (AvgIpc) is 2.43. The number of hydrogen-bond donors (Lipinski definition) is 1. The Balaban J connectivity index is 2.51. The second kappa shape index (κ2) is 5.92. The van der Waals surface area contributed by atoms with E-state index in [4.69, 9.17) is 11.6 Å². The highest BCUT2D eigenvalue weighted by atomic mass is 35.5. The van der Waals surface area contributed by atoms with Crippen LogP contribution in [-0.2, 0) is 0 Å².